The molecule has 31 heavy (non-hydrogen) atoms. The molecule has 160 valence electrons. The normalized spacial score (nSPS) is 24.5. The number of hydrogen-bond acceptors (Lipinski definition) is 3. The van der Waals surface area contributed by atoms with Gasteiger partial charge in [-0.15, -0.1) is 0 Å². The summed E-state index contributed by atoms with van der Waals surface area (Å²) in [6.45, 7) is 4.03. The van der Waals surface area contributed by atoms with Crippen molar-refractivity contribution in [1.82, 2.24) is 9.78 Å². The Morgan fingerprint density at radius 3 is 2.45 bits per heavy atom. The highest BCUT2D eigenvalue weighted by Crippen LogP contribution is 2.49. The van der Waals surface area contributed by atoms with Crippen LogP contribution in [0.4, 0.5) is 5.69 Å². The molecule has 2 fully saturated rings. The monoisotopic (exact) mass is 455 g/mol. The molecule has 4 atom stereocenters. The lowest BCUT2D eigenvalue weighted by molar-refractivity contribution is -0.121. The van der Waals surface area contributed by atoms with E-state index in [9.17, 15) is 4.79 Å². The van der Waals surface area contributed by atoms with Crippen LogP contribution in [0.15, 0.2) is 48.5 Å². The van der Waals surface area contributed by atoms with Gasteiger partial charge in [-0.3, -0.25) is 4.79 Å². The lowest BCUT2D eigenvalue weighted by Crippen LogP contribution is -2.36. The number of hydrogen-bond donors (Lipinski definition) is 1. The summed E-state index contributed by atoms with van der Waals surface area (Å²) in [5.74, 6) is -0.262. The van der Waals surface area contributed by atoms with E-state index < -0.39 is 0 Å². The van der Waals surface area contributed by atoms with Crippen LogP contribution < -0.4 is 5.32 Å². The zero-order chi connectivity index (χ0) is 21.7. The number of benzene rings is 2. The maximum Gasteiger partial charge on any atom is 0.230 e. The molecule has 1 N–H and O–H groups in total. The zero-order valence-electron chi connectivity index (χ0n) is 17.3. The number of rotatable bonds is 4. The molecule has 2 saturated heterocycles. The largest absolute Gasteiger partial charge is 0.373 e. The zero-order valence-corrected chi connectivity index (χ0v) is 18.8. The number of halogens is 2. The Hall–Kier alpha value is -2.34. The van der Waals surface area contributed by atoms with E-state index in [0.717, 1.165) is 35.5 Å². The van der Waals surface area contributed by atoms with Crippen molar-refractivity contribution in [2.45, 2.75) is 44.8 Å². The number of anilines is 1. The van der Waals surface area contributed by atoms with Crippen molar-refractivity contribution in [3.63, 3.8) is 0 Å². The van der Waals surface area contributed by atoms with Crippen LogP contribution in [0.2, 0.25) is 10.0 Å². The quantitative estimate of drug-likeness (QED) is 0.548. The molecule has 0 aliphatic carbocycles. The topological polar surface area (TPSA) is 56.2 Å². The molecule has 3 heterocycles. The van der Waals surface area contributed by atoms with Gasteiger partial charge in [0.1, 0.15) is 0 Å². The summed E-state index contributed by atoms with van der Waals surface area (Å²) in [4.78, 5) is 13.2. The maximum absolute atomic E-state index is 13.2. The van der Waals surface area contributed by atoms with E-state index in [1.807, 2.05) is 18.5 Å². The molecule has 3 aromatic rings. The fraction of sp³-hybridized carbons (Fsp3) is 0.333. The molecule has 7 heteroatoms. The minimum atomic E-state index is -0.243. The molecule has 2 aliphatic heterocycles. The molecule has 1 amide bonds. The summed E-state index contributed by atoms with van der Waals surface area (Å²) in [5.41, 5.74) is 4.84. The van der Waals surface area contributed by atoms with Gasteiger partial charge in [-0.1, -0.05) is 35.3 Å². The smallest absolute Gasteiger partial charge is 0.230 e. The van der Waals surface area contributed by atoms with E-state index in [1.54, 1.807) is 18.2 Å². The fourth-order valence-electron chi connectivity index (χ4n) is 4.96. The van der Waals surface area contributed by atoms with Gasteiger partial charge in [0.2, 0.25) is 5.91 Å². The van der Waals surface area contributed by atoms with Crippen molar-refractivity contribution in [1.29, 1.82) is 0 Å². The first-order valence-corrected chi connectivity index (χ1v) is 11.2. The summed E-state index contributed by atoms with van der Waals surface area (Å²) in [5, 5.41) is 8.44. The molecule has 0 saturated carbocycles. The van der Waals surface area contributed by atoms with Gasteiger partial charge >= 0.3 is 0 Å². The number of aromatic nitrogens is 2. The van der Waals surface area contributed by atoms with Crippen LogP contribution in [-0.2, 0) is 9.53 Å². The number of amides is 1. The van der Waals surface area contributed by atoms with E-state index in [1.165, 1.54) is 0 Å². The van der Waals surface area contributed by atoms with E-state index >= 15 is 0 Å². The van der Waals surface area contributed by atoms with Gasteiger partial charge < -0.3 is 10.1 Å². The molecular formula is C24H23Cl2N3O2. The second-order valence-electron chi connectivity index (χ2n) is 8.39. The Bertz CT molecular complexity index is 1140. The number of carbonyl (C=O) groups excluding carboxylic acids is 1. The Labute approximate surface area is 191 Å². The van der Waals surface area contributed by atoms with Gasteiger partial charge in [-0.25, -0.2) is 4.68 Å². The predicted octanol–water partition coefficient (Wildman–Crippen LogP) is 5.70. The van der Waals surface area contributed by atoms with Crippen molar-refractivity contribution in [3.05, 3.63) is 75.5 Å². The summed E-state index contributed by atoms with van der Waals surface area (Å²) in [6, 6.07) is 15.5. The van der Waals surface area contributed by atoms with Gasteiger partial charge in [0.05, 0.1) is 39.6 Å². The van der Waals surface area contributed by atoms with Crippen LogP contribution in [0.25, 0.3) is 5.69 Å². The van der Waals surface area contributed by atoms with E-state index in [-0.39, 0.29) is 30.0 Å². The third-order valence-electron chi connectivity index (χ3n) is 6.30. The molecule has 0 unspecified atom stereocenters. The molecule has 2 bridgehead atoms. The van der Waals surface area contributed by atoms with Crippen LogP contribution in [0.3, 0.4) is 0 Å². The van der Waals surface area contributed by atoms with Crippen molar-refractivity contribution in [2.24, 2.45) is 5.92 Å². The van der Waals surface area contributed by atoms with Crippen LogP contribution in [0.5, 0.6) is 0 Å². The summed E-state index contributed by atoms with van der Waals surface area (Å²) in [7, 11) is 0. The lowest BCUT2D eigenvalue weighted by atomic mass is 9.75. The minimum Gasteiger partial charge on any atom is -0.373 e. The first kappa shape index (κ1) is 20.6. The molecule has 0 radical (unpaired) electrons. The number of nitrogens with one attached hydrogen (secondary N) is 1. The second kappa shape index (κ2) is 7.97. The highest BCUT2D eigenvalue weighted by atomic mass is 35.5. The average molecular weight is 456 g/mol. The number of aryl methyl sites for hydroxylation is 2. The Morgan fingerprint density at radius 2 is 1.77 bits per heavy atom. The van der Waals surface area contributed by atoms with Crippen LogP contribution in [0.1, 0.15) is 35.7 Å². The maximum atomic E-state index is 13.2. The lowest BCUT2D eigenvalue weighted by Gasteiger charge is -2.27. The van der Waals surface area contributed by atoms with Gasteiger partial charge in [0, 0.05) is 17.3 Å². The second-order valence-corrected chi connectivity index (χ2v) is 9.20. The fourth-order valence-corrected chi connectivity index (χ4v) is 5.26. The SMILES string of the molecule is Cc1cc(C)n(-c2ccc([C@@H]3[C@@H](C(=O)Nc4ccc(Cl)c(Cl)c4)[C@H]4CC[C@@H]3O4)cc2)n1. The van der Waals surface area contributed by atoms with Crippen LogP contribution >= 0.6 is 23.2 Å². The van der Waals surface area contributed by atoms with E-state index in [4.69, 9.17) is 27.9 Å². The predicted molar refractivity (Wildman–Crippen MR) is 122 cm³/mol. The third kappa shape index (κ3) is 3.75. The average Bonchev–Trinajstić information content (AvgIpc) is 3.45. The van der Waals surface area contributed by atoms with Gasteiger partial charge in [0.25, 0.3) is 0 Å². The Balaban J connectivity index is 1.40. The molecule has 2 aromatic carbocycles. The van der Waals surface area contributed by atoms with Crippen molar-refractivity contribution >= 4 is 34.8 Å². The standard InChI is InChI=1S/C24H23Cl2N3O2/c1-13-11-14(2)29(28-13)17-6-3-15(4-7-17)22-20-9-10-21(31-20)23(22)24(30)27-16-5-8-18(25)19(26)12-16/h3-8,11-12,20-23H,9-10H2,1-2H3,(H,27,30)/t20-,21+,22-,23-/m0/s1. The highest BCUT2D eigenvalue weighted by Gasteiger charge is 2.52. The summed E-state index contributed by atoms with van der Waals surface area (Å²) < 4.78 is 8.10. The first-order chi connectivity index (χ1) is 14.9. The molecular weight excluding hydrogens is 433 g/mol. The molecule has 5 rings (SSSR count). The van der Waals surface area contributed by atoms with Crippen molar-refractivity contribution in [2.75, 3.05) is 5.32 Å². The first-order valence-electron chi connectivity index (χ1n) is 10.5. The molecule has 0 spiro atoms. The van der Waals surface area contributed by atoms with E-state index in [2.05, 4.69) is 40.7 Å². The molecule has 5 nitrogen and oxygen atoms in total. The summed E-state index contributed by atoms with van der Waals surface area (Å²) >= 11 is 12.1. The van der Waals surface area contributed by atoms with Crippen molar-refractivity contribution in [3.8, 4) is 5.69 Å². The minimum absolute atomic E-state index is 0.0241. The van der Waals surface area contributed by atoms with E-state index in [0.29, 0.717) is 15.7 Å². The third-order valence-corrected chi connectivity index (χ3v) is 7.03. The number of fused-ring (bicyclic) bond motifs is 2. The summed E-state index contributed by atoms with van der Waals surface area (Å²) in [6.07, 6.45) is 1.89. The Kier molecular flexibility index (Phi) is 5.29. The number of nitrogens with zero attached hydrogens (tertiary/aromatic N) is 2. The molecule has 1 aromatic heterocycles. The highest BCUT2D eigenvalue weighted by molar-refractivity contribution is 6.42. The Morgan fingerprint density at radius 1 is 1.03 bits per heavy atom. The van der Waals surface area contributed by atoms with Gasteiger partial charge in [-0.05, 0) is 68.7 Å². The van der Waals surface area contributed by atoms with Crippen molar-refractivity contribution < 1.29 is 9.53 Å². The van der Waals surface area contributed by atoms with Gasteiger partial charge in [-0.2, -0.15) is 5.10 Å². The van der Waals surface area contributed by atoms with Crippen LogP contribution in [0, 0.1) is 19.8 Å². The number of carbonyl (C=O) groups is 1. The number of ether oxygens (including phenoxy) is 1. The van der Waals surface area contributed by atoms with Crippen LogP contribution in [-0.4, -0.2) is 27.9 Å². The van der Waals surface area contributed by atoms with Gasteiger partial charge in [0.15, 0.2) is 0 Å². The molecule has 2 aliphatic rings.